The maximum Gasteiger partial charge on any atom is 0.471 e. The van der Waals surface area contributed by atoms with Crippen LogP contribution >= 0.6 is 45.2 Å². The summed E-state index contributed by atoms with van der Waals surface area (Å²) in [6.07, 6.45) is -3.68. The number of nitrogens with zero attached hydrogens (tertiary/aromatic N) is 3. The van der Waals surface area contributed by atoms with Crippen LogP contribution in [0.2, 0.25) is 0 Å². The Bertz CT molecular complexity index is 404. The molecular formula is C7H4F3I2N3O. The molecule has 1 heterocycles. The maximum atomic E-state index is 12.2. The molecule has 1 rings (SSSR count). The lowest BCUT2D eigenvalue weighted by atomic mass is 10.4. The van der Waals surface area contributed by atoms with E-state index >= 15 is 0 Å². The lowest BCUT2D eigenvalue weighted by Gasteiger charge is -2.20. The number of alkyl halides is 3. The summed E-state index contributed by atoms with van der Waals surface area (Å²) in [5.74, 6) is -1.95. The smallest absolute Gasteiger partial charge is 0.303 e. The molecule has 0 spiro atoms. The molecule has 0 fully saturated rings. The van der Waals surface area contributed by atoms with E-state index in [1.807, 2.05) is 0 Å². The molecule has 1 aromatic heterocycles. The minimum atomic E-state index is -4.91. The van der Waals surface area contributed by atoms with Crippen LogP contribution in [-0.4, -0.2) is 29.1 Å². The van der Waals surface area contributed by atoms with E-state index in [0.29, 0.717) is 4.90 Å². The summed E-state index contributed by atoms with van der Waals surface area (Å²) >= 11 is 3.49. The molecule has 88 valence electrons. The fraction of sp³-hybridized carbons (Fsp3) is 0.286. The zero-order valence-corrected chi connectivity index (χ0v) is 12.0. The van der Waals surface area contributed by atoms with E-state index in [0.717, 1.165) is 7.05 Å². The fourth-order valence-corrected chi connectivity index (χ4v) is 2.91. The van der Waals surface area contributed by atoms with Gasteiger partial charge in [-0.25, -0.2) is 9.97 Å². The van der Waals surface area contributed by atoms with E-state index in [9.17, 15) is 18.0 Å². The van der Waals surface area contributed by atoms with E-state index in [1.165, 1.54) is 6.33 Å². The van der Waals surface area contributed by atoms with Gasteiger partial charge in [0.25, 0.3) is 0 Å². The monoisotopic (exact) mass is 457 g/mol. The van der Waals surface area contributed by atoms with Crippen LogP contribution in [-0.2, 0) is 4.79 Å². The quantitative estimate of drug-likeness (QED) is 0.481. The van der Waals surface area contributed by atoms with E-state index in [-0.39, 0.29) is 13.1 Å². The summed E-state index contributed by atoms with van der Waals surface area (Å²) in [5, 5.41) is 0. The van der Waals surface area contributed by atoms with E-state index < -0.39 is 12.1 Å². The van der Waals surface area contributed by atoms with Crippen molar-refractivity contribution in [1.82, 2.24) is 9.97 Å². The minimum Gasteiger partial charge on any atom is -0.303 e. The van der Waals surface area contributed by atoms with Crippen molar-refractivity contribution >= 4 is 56.8 Å². The van der Waals surface area contributed by atoms with Crippen molar-refractivity contribution in [2.45, 2.75) is 6.18 Å². The zero-order valence-electron chi connectivity index (χ0n) is 7.72. The fourth-order valence-electron chi connectivity index (χ4n) is 0.906. The molecule has 0 aliphatic rings. The number of amides is 1. The number of carbonyl (C=O) groups excluding carboxylic acids is 1. The lowest BCUT2D eigenvalue weighted by molar-refractivity contribution is -0.170. The Morgan fingerprint density at radius 3 is 2.12 bits per heavy atom. The summed E-state index contributed by atoms with van der Waals surface area (Å²) in [7, 11) is 1.04. The Balaban J connectivity index is 3.15. The van der Waals surface area contributed by atoms with Crippen molar-refractivity contribution in [2.75, 3.05) is 11.9 Å². The second-order valence-corrected chi connectivity index (χ2v) is 4.71. The summed E-state index contributed by atoms with van der Waals surface area (Å²) in [6, 6.07) is 0. The summed E-state index contributed by atoms with van der Waals surface area (Å²) in [4.78, 5) is 19.0. The van der Waals surface area contributed by atoms with Gasteiger partial charge in [0.05, 0.1) is 0 Å². The molecule has 0 N–H and O–H groups in total. The number of hydrogen-bond acceptors (Lipinski definition) is 3. The first-order valence-electron chi connectivity index (χ1n) is 3.76. The molecule has 0 unspecified atom stereocenters. The standard InChI is InChI=1S/C7H4F3I2N3O/c1-15(6(16)7(8,9)10)3-4(11)13-2-14-5(3)12/h2H,1H3. The van der Waals surface area contributed by atoms with Crippen molar-refractivity contribution in [3.63, 3.8) is 0 Å². The van der Waals surface area contributed by atoms with Gasteiger partial charge in [0, 0.05) is 7.05 Å². The predicted molar refractivity (Wildman–Crippen MR) is 66.9 cm³/mol. The molecule has 0 radical (unpaired) electrons. The van der Waals surface area contributed by atoms with Gasteiger partial charge in [0.2, 0.25) is 0 Å². The van der Waals surface area contributed by atoms with Crippen LogP contribution in [0, 0.1) is 7.40 Å². The van der Waals surface area contributed by atoms with Crippen LogP contribution in [0.5, 0.6) is 0 Å². The van der Waals surface area contributed by atoms with Gasteiger partial charge in [-0.05, 0) is 45.2 Å². The highest BCUT2D eigenvalue weighted by Crippen LogP contribution is 2.28. The van der Waals surface area contributed by atoms with Crippen LogP contribution < -0.4 is 4.90 Å². The highest BCUT2D eigenvalue weighted by Gasteiger charge is 2.42. The Morgan fingerprint density at radius 2 is 1.75 bits per heavy atom. The molecular weight excluding hydrogens is 453 g/mol. The average Bonchev–Trinajstić information content (AvgIpc) is 2.14. The molecule has 4 nitrogen and oxygen atoms in total. The van der Waals surface area contributed by atoms with Gasteiger partial charge in [-0.15, -0.1) is 0 Å². The second-order valence-electron chi connectivity index (χ2n) is 2.67. The molecule has 1 aromatic rings. The molecule has 0 saturated carbocycles. The normalized spacial score (nSPS) is 11.4. The second kappa shape index (κ2) is 4.98. The van der Waals surface area contributed by atoms with E-state index in [2.05, 4.69) is 9.97 Å². The van der Waals surface area contributed by atoms with Gasteiger partial charge in [0.15, 0.2) is 0 Å². The Labute approximate surface area is 116 Å². The first-order valence-corrected chi connectivity index (χ1v) is 5.91. The molecule has 0 atom stereocenters. The third-order valence-electron chi connectivity index (χ3n) is 1.62. The Kier molecular flexibility index (Phi) is 4.31. The molecule has 0 aliphatic heterocycles. The van der Waals surface area contributed by atoms with Gasteiger partial charge in [0.1, 0.15) is 19.4 Å². The van der Waals surface area contributed by atoms with E-state index in [1.54, 1.807) is 45.2 Å². The highest BCUT2D eigenvalue weighted by atomic mass is 127. The largest absolute Gasteiger partial charge is 0.471 e. The molecule has 0 aliphatic carbocycles. The molecule has 0 saturated heterocycles. The van der Waals surface area contributed by atoms with Crippen molar-refractivity contribution in [1.29, 1.82) is 0 Å². The maximum absolute atomic E-state index is 12.2. The van der Waals surface area contributed by atoms with Crippen LogP contribution in [0.15, 0.2) is 6.33 Å². The van der Waals surface area contributed by atoms with Crippen LogP contribution in [0.4, 0.5) is 18.9 Å². The number of halogens is 5. The van der Waals surface area contributed by atoms with Crippen LogP contribution in [0.25, 0.3) is 0 Å². The number of hydrogen-bond donors (Lipinski definition) is 0. The Morgan fingerprint density at radius 1 is 1.31 bits per heavy atom. The van der Waals surface area contributed by atoms with Crippen molar-refractivity contribution in [3.8, 4) is 0 Å². The van der Waals surface area contributed by atoms with Gasteiger partial charge in [-0.1, -0.05) is 0 Å². The average molecular weight is 457 g/mol. The highest BCUT2D eigenvalue weighted by molar-refractivity contribution is 14.1. The van der Waals surface area contributed by atoms with E-state index in [4.69, 9.17) is 0 Å². The molecule has 0 bridgehead atoms. The van der Waals surface area contributed by atoms with Gasteiger partial charge in [-0.2, -0.15) is 13.2 Å². The third-order valence-corrected chi connectivity index (χ3v) is 3.19. The molecule has 0 aromatic carbocycles. The topological polar surface area (TPSA) is 46.1 Å². The van der Waals surface area contributed by atoms with Gasteiger partial charge in [-0.3, -0.25) is 4.79 Å². The van der Waals surface area contributed by atoms with Gasteiger partial charge >= 0.3 is 12.1 Å². The van der Waals surface area contributed by atoms with Crippen LogP contribution in [0.3, 0.4) is 0 Å². The number of carbonyl (C=O) groups is 1. The van der Waals surface area contributed by atoms with Gasteiger partial charge < -0.3 is 4.90 Å². The lowest BCUT2D eigenvalue weighted by Crippen LogP contribution is -2.39. The predicted octanol–water partition coefficient (Wildman–Crippen LogP) is 2.21. The van der Waals surface area contributed by atoms with Crippen molar-refractivity contribution in [3.05, 3.63) is 13.7 Å². The van der Waals surface area contributed by atoms with Crippen molar-refractivity contribution in [2.24, 2.45) is 0 Å². The first-order chi connectivity index (χ1) is 7.25. The van der Waals surface area contributed by atoms with Crippen LogP contribution in [0.1, 0.15) is 0 Å². The summed E-state index contributed by atoms with van der Waals surface area (Å²) < 4.78 is 37.2. The summed E-state index contributed by atoms with van der Waals surface area (Å²) in [5.41, 5.74) is 0.0611. The minimum absolute atomic E-state index is 0.0611. The molecule has 16 heavy (non-hydrogen) atoms. The zero-order chi connectivity index (χ0) is 12.5. The SMILES string of the molecule is CN(C(=O)C(F)(F)F)c1c(I)ncnc1I. The summed E-state index contributed by atoms with van der Waals surface area (Å²) in [6.45, 7) is 0. The molecule has 1 amide bonds. The molecule has 9 heteroatoms. The first kappa shape index (κ1) is 13.9. The Hall–Kier alpha value is -0.200. The number of anilines is 1. The third kappa shape index (κ3) is 2.93. The van der Waals surface area contributed by atoms with Crippen molar-refractivity contribution < 1.29 is 18.0 Å². The number of aromatic nitrogens is 2. The number of rotatable bonds is 1.